The Labute approximate surface area is 230 Å². The van der Waals surface area contributed by atoms with E-state index in [1.807, 2.05) is 42.2 Å². The van der Waals surface area contributed by atoms with Crippen LogP contribution in [0.3, 0.4) is 0 Å². The molecule has 3 aliphatic heterocycles. The van der Waals surface area contributed by atoms with Crippen LogP contribution in [0.2, 0.25) is 0 Å². The van der Waals surface area contributed by atoms with Gasteiger partial charge in [-0.3, -0.25) is 14.4 Å². The van der Waals surface area contributed by atoms with Crippen LogP contribution in [0.4, 0.5) is 0 Å². The Balaban J connectivity index is 1.74. The smallest absolute Gasteiger partial charge is 0.247 e. The molecule has 3 fully saturated rings. The Hall–Kier alpha value is -2.58. The number of benzene rings is 1. The normalized spacial score (nSPS) is 29.3. The fourth-order valence-electron chi connectivity index (χ4n) is 6.84. The first-order valence-electron chi connectivity index (χ1n) is 13.7. The second kappa shape index (κ2) is 11.7. The van der Waals surface area contributed by atoms with E-state index < -0.39 is 27.4 Å². The van der Waals surface area contributed by atoms with Gasteiger partial charge in [0.15, 0.2) is 0 Å². The molecule has 0 aliphatic carbocycles. The lowest BCUT2D eigenvalue weighted by atomic mass is 9.66. The number of nitrogens with zero attached hydrogens (tertiary/aromatic N) is 3. The lowest BCUT2D eigenvalue weighted by Gasteiger charge is -2.38. The molecule has 1 spiro atoms. The zero-order valence-electron chi connectivity index (χ0n) is 22.7. The number of carbonyl (C=O) groups excluding carboxylic acids is 3. The van der Waals surface area contributed by atoms with Gasteiger partial charge < -0.3 is 19.8 Å². The summed E-state index contributed by atoms with van der Waals surface area (Å²) >= 11 is 1.69. The van der Waals surface area contributed by atoms with Gasteiger partial charge in [-0.1, -0.05) is 49.4 Å². The summed E-state index contributed by atoms with van der Waals surface area (Å²) in [5.74, 6) is -1.29. The number of hydrogen-bond donors (Lipinski definition) is 1. The van der Waals surface area contributed by atoms with Gasteiger partial charge in [0.2, 0.25) is 17.7 Å². The summed E-state index contributed by atoms with van der Waals surface area (Å²) in [7, 11) is 0. The molecule has 1 aromatic rings. The SMILES string of the molecule is C=CCN(Cc1ccccc1)C(=O)C1N(CCCO)C(=O)[C@@H]2[C@@H](C(=O)N(CC=C)CCC)[C@@]3(C)CCC12S3. The van der Waals surface area contributed by atoms with E-state index in [2.05, 4.69) is 20.1 Å². The van der Waals surface area contributed by atoms with E-state index in [0.717, 1.165) is 18.4 Å². The molecule has 0 radical (unpaired) electrons. The highest BCUT2D eigenvalue weighted by molar-refractivity contribution is 8.02. The number of aliphatic hydroxyl groups excluding tert-OH is 1. The first kappa shape index (κ1) is 28.4. The van der Waals surface area contributed by atoms with Crippen molar-refractivity contribution in [2.24, 2.45) is 11.8 Å². The van der Waals surface area contributed by atoms with Gasteiger partial charge in [0.25, 0.3) is 0 Å². The second-order valence-corrected chi connectivity index (χ2v) is 12.8. The van der Waals surface area contributed by atoms with Crippen LogP contribution in [0.15, 0.2) is 55.6 Å². The molecule has 3 heterocycles. The average molecular weight is 540 g/mol. The molecule has 4 rings (SSSR count). The molecular formula is C30H41N3O4S. The average Bonchev–Trinajstić information content (AvgIpc) is 3.47. The van der Waals surface area contributed by atoms with Crippen molar-refractivity contribution in [1.29, 1.82) is 0 Å². The fourth-order valence-corrected chi connectivity index (χ4v) is 9.19. The standard InChI is InChI=1S/C30H41N3O4S/c1-5-16-31(17-6-2)26(35)23-24-27(36)33(19-11-20-34)25(30(24)15-14-29(23,4)38-30)28(37)32(18-7-3)21-22-12-9-8-10-13-22/h5,7-10,12-13,23-25,34H,1,3,6,11,14-21H2,2,4H3/t23-,24-,25?,29+,30?/m0/s1. The predicted octanol–water partition coefficient (Wildman–Crippen LogP) is 3.49. The summed E-state index contributed by atoms with van der Waals surface area (Å²) in [6.07, 6.45) is 6.15. The van der Waals surface area contributed by atoms with E-state index in [4.69, 9.17) is 0 Å². The zero-order chi connectivity index (χ0) is 27.5. The third-order valence-electron chi connectivity index (χ3n) is 8.37. The van der Waals surface area contributed by atoms with E-state index in [1.54, 1.807) is 33.7 Å². The fraction of sp³-hybridized carbons (Fsp3) is 0.567. The molecule has 1 N–H and O–H groups in total. The maximum Gasteiger partial charge on any atom is 0.247 e. The van der Waals surface area contributed by atoms with Crippen molar-refractivity contribution >= 4 is 29.5 Å². The van der Waals surface area contributed by atoms with Gasteiger partial charge in [-0.2, -0.15) is 0 Å². The van der Waals surface area contributed by atoms with Crippen molar-refractivity contribution in [2.75, 3.05) is 32.8 Å². The maximum atomic E-state index is 14.4. The van der Waals surface area contributed by atoms with E-state index in [1.165, 1.54) is 0 Å². The largest absolute Gasteiger partial charge is 0.396 e. The van der Waals surface area contributed by atoms with Gasteiger partial charge in [-0.25, -0.2) is 0 Å². The van der Waals surface area contributed by atoms with Crippen molar-refractivity contribution in [3.63, 3.8) is 0 Å². The summed E-state index contributed by atoms with van der Waals surface area (Å²) in [5.41, 5.74) is 1.01. The predicted molar refractivity (Wildman–Crippen MR) is 151 cm³/mol. The zero-order valence-corrected chi connectivity index (χ0v) is 23.5. The molecule has 0 aromatic heterocycles. The highest BCUT2D eigenvalue weighted by atomic mass is 32.2. The van der Waals surface area contributed by atoms with Crippen LogP contribution in [0.1, 0.15) is 45.1 Å². The van der Waals surface area contributed by atoms with Gasteiger partial charge in [0, 0.05) is 44.1 Å². The number of rotatable bonds is 13. The molecular weight excluding hydrogens is 498 g/mol. The molecule has 3 aliphatic rings. The maximum absolute atomic E-state index is 14.4. The van der Waals surface area contributed by atoms with Crippen LogP contribution >= 0.6 is 11.8 Å². The van der Waals surface area contributed by atoms with Crippen molar-refractivity contribution < 1.29 is 19.5 Å². The van der Waals surface area contributed by atoms with Crippen LogP contribution < -0.4 is 0 Å². The molecule has 3 saturated heterocycles. The number of fused-ring (bicyclic) bond motifs is 1. The van der Waals surface area contributed by atoms with E-state index >= 15 is 0 Å². The number of likely N-dealkylation sites (tertiary alicyclic amines) is 1. The molecule has 5 atom stereocenters. The molecule has 2 bridgehead atoms. The molecule has 1 aromatic carbocycles. The van der Waals surface area contributed by atoms with Gasteiger partial charge in [-0.15, -0.1) is 24.9 Å². The van der Waals surface area contributed by atoms with Crippen molar-refractivity contribution in [3.8, 4) is 0 Å². The van der Waals surface area contributed by atoms with Crippen LogP contribution in [0.5, 0.6) is 0 Å². The monoisotopic (exact) mass is 539 g/mol. The van der Waals surface area contributed by atoms with Crippen LogP contribution in [0, 0.1) is 11.8 Å². The summed E-state index contributed by atoms with van der Waals surface area (Å²) in [6.45, 7) is 13.9. The quantitative estimate of drug-likeness (QED) is 0.388. The topological polar surface area (TPSA) is 81.2 Å². The number of carbonyl (C=O) groups is 3. The summed E-state index contributed by atoms with van der Waals surface area (Å²) in [5, 5.41) is 9.61. The minimum Gasteiger partial charge on any atom is -0.396 e. The number of aliphatic hydroxyl groups is 1. The molecule has 3 amide bonds. The van der Waals surface area contributed by atoms with Crippen molar-refractivity contribution in [1.82, 2.24) is 14.7 Å². The van der Waals surface area contributed by atoms with E-state index in [0.29, 0.717) is 45.6 Å². The van der Waals surface area contributed by atoms with Crippen molar-refractivity contribution in [3.05, 3.63) is 61.2 Å². The summed E-state index contributed by atoms with van der Waals surface area (Å²) < 4.78 is -1.07. The lowest BCUT2D eigenvalue weighted by Crippen LogP contribution is -2.55. The van der Waals surface area contributed by atoms with E-state index in [9.17, 15) is 19.5 Å². The molecule has 8 heteroatoms. The summed E-state index contributed by atoms with van der Waals surface area (Å²) in [4.78, 5) is 47.9. The minimum absolute atomic E-state index is 0.0101. The minimum atomic E-state index is -0.682. The van der Waals surface area contributed by atoms with Gasteiger partial charge in [-0.05, 0) is 38.2 Å². The Kier molecular flexibility index (Phi) is 8.72. The highest BCUT2D eigenvalue weighted by Crippen LogP contribution is 2.71. The molecule has 7 nitrogen and oxygen atoms in total. The van der Waals surface area contributed by atoms with Crippen LogP contribution in [-0.4, -0.2) is 85.8 Å². The highest BCUT2D eigenvalue weighted by Gasteiger charge is 2.77. The third kappa shape index (κ3) is 4.81. The molecule has 0 saturated carbocycles. The first-order valence-corrected chi connectivity index (χ1v) is 14.5. The molecule has 38 heavy (non-hydrogen) atoms. The number of hydrogen-bond acceptors (Lipinski definition) is 5. The van der Waals surface area contributed by atoms with Crippen LogP contribution in [-0.2, 0) is 20.9 Å². The Morgan fingerprint density at radius 3 is 2.45 bits per heavy atom. The first-order chi connectivity index (χ1) is 18.3. The Morgan fingerprint density at radius 1 is 1.13 bits per heavy atom. The lowest BCUT2D eigenvalue weighted by molar-refractivity contribution is -0.145. The number of thioether (sulfide) groups is 1. The third-order valence-corrected chi connectivity index (χ3v) is 10.4. The molecule has 206 valence electrons. The van der Waals surface area contributed by atoms with Gasteiger partial charge in [0.05, 0.1) is 16.6 Å². The van der Waals surface area contributed by atoms with Crippen LogP contribution in [0.25, 0.3) is 0 Å². The van der Waals surface area contributed by atoms with E-state index in [-0.39, 0.29) is 24.3 Å². The van der Waals surface area contributed by atoms with Gasteiger partial charge >= 0.3 is 0 Å². The number of amides is 3. The Bertz CT molecular complexity index is 1060. The molecule has 2 unspecified atom stereocenters. The summed E-state index contributed by atoms with van der Waals surface area (Å²) in [6, 6.07) is 9.13. The van der Waals surface area contributed by atoms with Gasteiger partial charge in [0.1, 0.15) is 6.04 Å². The van der Waals surface area contributed by atoms with Crippen molar-refractivity contribution in [2.45, 2.75) is 61.6 Å². The Morgan fingerprint density at radius 2 is 1.82 bits per heavy atom. The second-order valence-electron chi connectivity index (χ2n) is 10.9.